The van der Waals surface area contributed by atoms with Gasteiger partial charge in [-0.25, -0.2) is 8.42 Å². The van der Waals surface area contributed by atoms with Gasteiger partial charge in [-0.05, 0) is 42.3 Å². The zero-order valence-corrected chi connectivity index (χ0v) is 16.6. The van der Waals surface area contributed by atoms with E-state index in [4.69, 9.17) is 16.3 Å². The summed E-state index contributed by atoms with van der Waals surface area (Å²) < 4.78 is 32.4. The Labute approximate surface area is 160 Å². The summed E-state index contributed by atoms with van der Waals surface area (Å²) in [6.07, 6.45) is 0. The number of aryl methyl sites for hydroxylation is 1. The van der Waals surface area contributed by atoms with Crippen LogP contribution in [0.3, 0.4) is 0 Å². The molecule has 3 rings (SSSR count). The van der Waals surface area contributed by atoms with Crippen molar-refractivity contribution in [3.63, 3.8) is 0 Å². The van der Waals surface area contributed by atoms with Crippen LogP contribution in [0.2, 0.25) is 5.02 Å². The molecule has 140 valence electrons. The quantitative estimate of drug-likeness (QED) is 0.781. The molecule has 0 radical (unpaired) electrons. The summed E-state index contributed by atoms with van der Waals surface area (Å²) in [5.41, 5.74) is 2.06. The van der Waals surface area contributed by atoms with Gasteiger partial charge in [-0.1, -0.05) is 29.8 Å². The maximum absolute atomic E-state index is 12.8. The molecule has 1 heterocycles. The van der Waals surface area contributed by atoms with Crippen molar-refractivity contribution in [2.24, 2.45) is 0 Å². The van der Waals surface area contributed by atoms with Gasteiger partial charge in [0.15, 0.2) is 0 Å². The average Bonchev–Trinajstić information content (AvgIpc) is 2.65. The van der Waals surface area contributed by atoms with E-state index in [0.717, 1.165) is 17.9 Å². The maximum Gasteiger partial charge on any atom is 0.243 e. The Kier molecular flexibility index (Phi) is 5.87. The number of rotatable bonds is 5. The fourth-order valence-electron chi connectivity index (χ4n) is 3.00. The van der Waals surface area contributed by atoms with Gasteiger partial charge in [0.1, 0.15) is 5.75 Å². The molecule has 1 aliphatic heterocycles. The van der Waals surface area contributed by atoms with E-state index in [-0.39, 0.29) is 4.90 Å². The molecule has 0 saturated carbocycles. The van der Waals surface area contributed by atoms with Crippen molar-refractivity contribution in [2.75, 3.05) is 33.3 Å². The van der Waals surface area contributed by atoms with Crippen molar-refractivity contribution in [1.29, 1.82) is 0 Å². The van der Waals surface area contributed by atoms with Crippen LogP contribution in [0.5, 0.6) is 5.75 Å². The van der Waals surface area contributed by atoms with Crippen molar-refractivity contribution >= 4 is 21.6 Å². The molecule has 1 aliphatic rings. The van der Waals surface area contributed by atoms with E-state index >= 15 is 0 Å². The first-order valence-corrected chi connectivity index (χ1v) is 10.3. The van der Waals surface area contributed by atoms with E-state index in [1.165, 1.54) is 11.6 Å². The minimum absolute atomic E-state index is 0.261. The van der Waals surface area contributed by atoms with Crippen molar-refractivity contribution in [3.8, 4) is 5.75 Å². The van der Waals surface area contributed by atoms with Crippen LogP contribution in [0.4, 0.5) is 0 Å². The van der Waals surface area contributed by atoms with Crippen LogP contribution in [-0.4, -0.2) is 50.9 Å². The van der Waals surface area contributed by atoms with Crippen LogP contribution in [0.15, 0.2) is 47.4 Å². The topological polar surface area (TPSA) is 49.9 Å². The molecule has 0 atom stereocenters. The number of halogens is 1. The number of hydrogen-bond acceptors (Lipinski definition) is 4. The summed E-state index contributed by atoms with van der Waals surface area (Å²) in [7, 11) is -1.85. The molecule has 0 unspecified atom stereocenters. The van der Waals surface area contributed by atoms with Crippen LogP contribution in [0, 0.1) is 6.92 Å². The third-order valence-corrected chi connectivity index (χ3v) is 6.98. The third kappa shape index (κ3) is 4.20. The van der Waals surface area contributed by atoms with Gasteiger partial charge in [-0.15, -0.1) is 0 Å². The Morgan fingerprint density at radius 2 is 1.69 bits per heavy atom. The Hall–Kier alpha value is -1.60. The maximum atomic E-state index is 12.8. The zero-order valence-electron chi connectivity index (χ0n) is 15.0. The van der Waals surface area contributed by atoms with Crippen molar-refractivity contribution in [1.82, 2.24) is 9.21 Å². The molecule has 0 N–H and O–H groups in total. The summed E-state index contributed by atoms with van der Waals surface area (Å²) in [6.45, 7) is 5.01. The summed E-state index contributed by atoms with van der Waals surface area (Å²) in [5, 5.41) is 0.476. The molecule has 2 aromatic rings. The van der Waals surface area contributed by atoms with E-state index < -0.39 is 10.0 Å². The summed E-state index contributed by atoms with van der Waals surface area (Å²) >= 11 is 6.09. The number of piperazine rings is 1. The normalized spacial score (nSPS) is 16.6. The number of benzene rings is 2. The standard InChI is InChI=1S/C19H23ClN2O3S/c1-15-3-8-18(13-19(15)20)26(23,24)22-11-9-21(10-12-22)14-16-4-6-17(25-2)7-5-16/h3-8,13H,9-12,14H2,1-2H3. The van der Waals surface area contributed by atoms with E-state index in [1.807, 2.05) is 31.2 Å². The fourth-order valence-corrected chi connectivity index (χ4v) is 4.69. The molecule has 0 aromatic heterocycles. The van der Waals surface area contributed by atoms with Gasteiger partial charge in [0.25, 0.3) is 0 Å². The molecule has 0 aliphatic carbocycles. The van der Waals surface area contributed by atoms with Gasteiger partial charge in [0, 0.05) is 37.7 Å². The average molecular weight is 395 g/mol. The Morgan fingerprint density at radius 3 is 2.27 bits per heavy atom. The first-order valence-electron chi connectivity index (χ1n) is 8.52. The first kappa shape index (κ1) is 19.2. The van der Waals surface area contributed by atoms with Crippen molar-refractivity contribution in [3.05, 3.63) is 58.6 Å². The Bertz CT molecular complexity index is 861. The Balaban J connectivity index is 1.62. The molecule has 26 heavy (non-hydrogen) atoms. The predicted molar refractivity (Wildman–Crippen MR) is 103 cm³/mol. The summed E-state index contributed by atoms with van der Waals surface area (Å²) in [4.78, 5) is 2.52. The van der Waals surface area contributed by atoms with Crippen LogP contribution >= 0.6 is 11.6 Å². The molecule has 0 bridgehead atoms. The fraction of sp³-hybridized carbons (Fsp3) is 0.368. The lowest BCUT2D eigenvalue weighted by Crippen LogP contribution is -2.48. The highest BCUT2D eigenvalue weighted by Crippen LogP contribution is 2.24. The van der Waals surface area contributed by atoms with Gasteiger partial charge in [0.05, 0.1) is 12.0 Å². The molecule has 1 saturated heterocycles. The highest BCUT2D eigenvalue weighted by molar-refractivity contribution is 7.89. The van der Waals surface area contributed by atoms with Crippen molar-refractivity contribution < 1.29 is 13.2 Å². The number of methoxy groups -OCH3 is 1. The van der Waals surface area contributed by atoms with Crippen LogP contribution in [0.25, 0.3) is 0 Å². The highest BCUT2D eigenvalue weighted by Gasteiger charge is 2.28. The lowest BCUT2D eigenvalue weighted by molar-refractivity contribution is 0.181. The minimum atomic E-state index is -3.50. The molecule has 1 fully saturated rings. The van der Waals surface area contributed by atoms with Crippen LogP contribution < -0.4 is 4.74 Å². The lowest BCUT2D eigenvalue weighted by atomic mass is 10.2. The zero-order chi connectivity index (χ0) is 18.7. The largest absolute Gasteiger partial charge is 0.497 e. The molecule has 2 aromatic carbocycles. The smallest absolute Gasteiger partial charge is 0.243 e. The first-order chi connectivity index (χ1) is 12.4. The van der Waals surface area contributed by atoms with Gasteiger partial charge in [0.2, 0.25) is 10.0 Å². The highest BCUT2D eigenvalue weighted by atomic mass is 35.5. The number of nitrogens with zero attached hydrogens (tertiary/aromatic N) is 2. The second kappa shape index (κ2) is 7.96. The number of ether oxygens (including phenoxy) is 1. The summed E-state index contributed by atoms with van der Waals surface area (Å²) in [5.74, 6) is 0.835. The van der Waals surface area contributed by atoms with Crippen LogP contribution in [-0.2, 0) is 16.6 Å². The van der Waals surface area contributed by atoms with E-state index in [9.17, 15) is 8.42 Å². The third-order valence-electron chi connectivity index (χ3n) is 4.68. The molecule has 0 spiro atoms. The van der Waals surface area contributed by atoms with E-state index in [0.29, 0.717) is 31.2 Å². The van der Waals surface area contributed by atoms with E-state index in [1.54, 1.807) is 23.5 Å². The van der Waals surface area contributed by atoms with Crippen LogP contribution in [0.1, 0.15) is 11.1 Å². The molecule has 7 heteroatoms. The van der Waals surface area contributed by atoms with Gasteiger partial charge in [-0.2, -0.15) is 4.31 Å². The second-order valence-corrected chi connectivity index (χ2v) is 8.78. The SMILES string of the molecule is COc1ccc(CN2CCN(S(=O)(=O)c3ccc(C)c(Cl)c3)CC2)cc1. The Morgan fingerprint density at radius 1 is 1.04 bits per heavy atom. The van der Waals surface area contributed by atoms with Gasteiger partial charge >= 0.3 is 0 Å². The molecular weight excluding hydrogens is 372 g/mol. The van der Waals surface area contributed by atoms with Gasteiger partial charge in [-0.3, -0.25) is 4.90 Å². The molecular formula is C19H23ClN2O3S. The molecule has 5 nitrogen and oxygen atoms in total. The molecule has 0 amide bonds. The van der Waals surface area contributed by atoms with E-state index in [2.05, 4.69) is 4.90 Å². The monoisotopic (exact) mass is 394 g/mol. The number of hydrogen-bond donors (Lipinski definition) is 0. The van der Waals surface area contributed by atoms with Crippen molar-refractivity contribution in [2.45, 2.75) is 18.4 Å². The second-order valence-electron chi connectivity index (χ2n) is 6.44. The van der Waals surface area contributed by atoms with Gasteiger partial charge < -0.3 is 4.74 Å². The number of sulfonamides is 1. The summed E-state index contributed by atoms with van der Waals surface area (Å²) in [6, 6.07) is 12.9. The lowest BCUT2D eigenvalue weighted by Gasteiger charge is -2.34. The minimum Gasteiger partial charge on any atom is -0.497 e. The predicted octanol–water partition coefficient (Wildman–Crippen LogP) is 3.16.